The van der Waals surface area contributed by atoms with Crippen LogP contribution < -0.4 is 0 Å². The molecule has 0 saturated carbocycles. The van der Waals surface area contributed by atoms with Crippen LogP contribution in [0.5, 0.6) is 0 Å². The molecule has 0 rings (SSSR count). The topological polar surface area (TPSA) is 105 Å². The first kappa shape index (κ1) is 42.2. The Morgan fingerprint density at radius 2 is 1.14 bits per heavy atom. The number of carbonyl (C=O) groups is 2. The molecule has 0 aromatic rings. The number of carbonyl (C=O) groups excluding carboxylic acids is 2. The minimum Gasteiger partial charge on any atom is -0.462 e. The normalized spacial score (nSPS) is 14.2. The van der Waals surface area contributed by atoms with Crippen molar-refractivity contribution in [2.75, 3.05) is 19.0 Å². The monoisotopic (exact) mass is 694 g/mol. The molecule has 1 unspecified atom stereocenters. The zero-order valence-electron chi connectivity index (χ0n) is 29.0. The maximum absolute atomic E-state index is 12.6. The summed E-state index contributed by atoms with van der Waals surface area (Å²) in [4.78, 5) is 23.8. The van der Waals surface area contributed by atoms with Crippen LogP contribution in [0.15, 0.2) is 24.3 Å². The molecule has 8 nitrogen and oxygen atoms in total. The van der Waals surface area contributed by atoms with Gasteiger partial charge in [0.25, 0.3) is 10.1 Å². The first-order valence-corrected chi connectivity index (χ1v) is 30.2. The Kier molecular flexibility index (Phi) is 18.6. The maximum atomic E-state index is 12.6. The summed E-state index contributed by atoms with van der Waals surface area (Å²) in [6.45, 7) is 29.3. The average Bonchev–Trinajstić information content (AvgIpc) is 2.84. The Labute approximate surface area is 267 Å². The molecule has 0 heterocycles. The lowest BCUT2D eigenvalue weighted by Gasteiger charge is -2.41. The molecule has 0 amide bonds. The van der Waals surface area contributed by atoms with E-state index in [9.17, 15) is 18.0 Å². The van der Waals surface area contributed by atoms with Crippen LogP contribution >= 0.6 is 0 Å². The molecule has 13 heteroatoms. The largest absolute Gasteiger partial charge is 0.462 e. The van der Waals surface area contributed by atoms with Gasteiger partial charge in [0.15, 0.2) is 16.6 Å². The third kappa shape index (κ3) is 20.7. The Balaban J connectivity index is 5.31. The number of hydrogen-bond donors (Lipinski definition) is 0. The van der Waals surface area contributed by atoms with Crippen molar-refractivity contribution in [3.8, 4) is 0 Å². The standard InChI is InChI=1S/C30H62O8SSi4/c1-13-27(3)29(31)35-20-15-17-23-41(8,9)26-43(12,25-19-22-39(33,34)37-40(5,6)7)38-42(10,11)24-18-16-21-36-30(32)28(4)14-2/h3-4,13-26H2,1-2,5-12H3. The lowest BCUT2D eigenvalue weighted by Crippen LogP contribution is -2.51. The van der Waals surface area contributed by atoms with Gasteiger partial charge in [0.2, 0.25) is 8.32 Å². The molecule has 0 bridgehead atoms. The summed E-state index contributed by atoms with van der Waals surface area (Å²) >= 11 is 0. The highest BCUT2D eigenvalue weighted by Crippen LogP contribution is 2.34. The van der Waals surface area contributed by atoms with E-state index in [1.54, 1.807) is 0 Å². The van der Waals surface area contributed by atoms with E-state index < -0.39 is 43.1 Å². The first-order chi connectivity index (χ1) is 19.6. The van der Waals surface area contributed by atoms with E-state index in [0.717, 1.165) is 49.5 Å². The molecule has 0 radical (unpaired) electrons. The van der Waals surface area contributed by atoms with E-state index >= 15 is 0 Å². The highest BCUT2D eigenvalue weighted by molar-refractivity contribution is 7.87. The van der Waals surface area contributed by atoms with Gasteiger partial charge in [0, 0.05) is 19.2 Å². The third-order valence-corrected chi connectivity index (χ3v) is 26.7. The second-order valence-corrected chi connectivity index (χ2v) is 35.2. The Morgan fingerprint density at radius 3 is 1.58 bits per heavy atom. The van der Waals surface area contributed by atoms with Gasteiger partial charge in [-0.15, -0.1) is 0 Å². The van der Waals surface area contributed by atoms with Gasteiger partial charge in [-0.3, -0.25) is 0 Å². The molecule has 0 aromatic carbocycles. The molecule has 0 aromatic heterocycles. The minimum atomic E-state index is -3.56. The van der Waals surface area contributed by atoms with E-state index in [0.29, 0.717) is 43.6 Å². The summed E-state index contributed by atoms with van der Waals surface area (Å²) in [6, 6.07) is 2.83. The quantitative estimate of drug-likeness (QED) is 0.0431. The van der Waals surface area contributed by atoms with E-state index in [1.807, 2.05) is 33.5 Å². The molecule has 252 valence electrons. The smallest absolute Gasteiger partial charge is 0.333 e. The molecule has 0 spiro atoms. The fraction of sp³-hybridized carbons (Fsp3) is 0.800. The van der Waals surface area contributed by atoms with Crippen LogP contribution in [0.1, 0.15) is 58.8 Å². The van der Waals surface area contributed by atoms with Crippen molar-refractivity contribution >= 4 is 55.1 Å². The molecule has 0 N–H and O–H groups in total. The first-order valence-electron chi connectivity index (χ1n) is 15.9. The van der Waals surface area contributed by atoms with E-state index in [4.69, 9.17) is 17.5 Å². The second-order valence-electron chi connectivity index (χ2n) is 14.3. The summed E-state index contributed by atoms with van der Waals surface area (Å²) in [7, 11) is -11.8. The molecule has 0 aliphatic rings. The van der Waals surface area contributed by atoms with Gasteiger partial charge in [0.1, 0.15) is 0 Å². The Morgan fingerprint density at radius 1 is 0.674 bits per heavy atom. The summed E-state index contributed by atoms with van der Waals surface area (Å²) < 4.78 is 48.6. The summed E-state index contributed by atoms with van der Waals surface area (Å²) in [5.41, 5.74) is 2.04. The van der Waals surface area contributed by atoms with E-state index in [1.165, 1.54) is 0 Å². The van der Waals surface area contributed by atoms with Crippen LogP contribution in [0, 0.1) is 0 Å². The third-order valence-electron chi connectivity index (χ3n) is 7.17. The van der Waals surface area contributed by atoms with Gasteiger partial charge in [-0.25, -0.2) is 18.0 Å². The molecular formula is C30H62O8SSi4. The number of ether oxygens (including phenoxy) is 2. The fourth-order valence-corrected chi connectivity index (χ4v) is 29.2. The summed E-state index contributed by atoms with van der Waals surface area (Å²) in [6.07, 6.45) is 5.22. The van der Waals surface area contributed by atoms with Crippen molar-refractivity contribution in [3.63, 3.8) is 0 Å². The molecule has 0 saturated heterocycles. The second kappa shape index (κ2) is 19.0. The van der Waals surface area contributed by atoms with Crippen molar-refractivity contribution in [2.45, 2.75) is 135 Å². The van der Waals surface area contributed by atoms with Crippen LogP contribution in [0.3, 0.4) is 0 Å². The zero-order valence-corrected chi connectivity index (χ0v) is 33.8. The number of hydrogen-bond acceptors (Lipinski definition) is 8. The molecule has 1 atom stereocenters. The minimum absolute atomic E-state index is 0.0238. The van der Waals surface area contributed by atoms with Crippen LogP contribution in [-0.4, -0.2) is 72.3 Å². The van der Waals surface area contributed by atoms with Gasteiger partial charge in [-0.05, 0) is 89.1 Å². The van der Waals surface area contributed by atoms with Crippen molar-refractivity contribution in [1.82, 2.24) is 0 Å². The molecule has 0 aliphatic heterocycles. The SMILES string of the molecule is C=C(CC)C(=O)OCCCC[Si](C)(C)C[Si](C)(CCCS(=O)(=O)O[Si](C)(C)C)O[Si](C)(C)CCCCOC(=O)C(=C)CC. The van der Waals surface area contributed by atoms with Gasteiger partial charge in [-0.2, -0.15) is 0 Å². The molecule has 0 aliphatic carbocycles. The predicted molar refractivity (Wildman–Crippen MR) is 189 cm³/mol. The number of esters is 2. The van der Waals surface area contributed by atoms with Gasteiger partial charge in [-0.1, -0.05) is 59.0 Å². The predicted octanol–water partition coefficient (Wildman–Crippen LogP) is 8.18. The molecule has 0 fully saturated rings. The Hall–Kier alpha value is -0.842. The van der Waals surface area contributed by atoms with Gasteiger partial charge in [0.05, 0.1) is 19.0 Å². The highest BCUT2D eigenvalue weighted by atomic mass is 32.2. The average molecular weight is 695 g/mol. The van der Waals surface area contributed by atoms with Gasteiger partial charge >= 0.3 is 11.9 Å². The van der Waals surface area contributed by atoms with Crippen LogP contribution in [0.2, 0.25) is 76.2 Å². The van der Waals surface area contributed by atoms with E-state index in [2.05, 4.69) is 45.9 Å². The van der Waals surface area contributed by atoms with Gasteiger partial charge < -0.3 is 17.5 Å². The molecule has 43 heavy (non-hydrogen) atoms. The van der Waals surface area contributed by atoms with Crippen molar-refractivity contribution in [2.24, 2.45) is 0 Å². The lowest BCUT2D eigenvalue weighted by molar-refractivity contribution is -0.140. The van der Waals surface area contributed by atoms with Crippen molar-refractivity contribution in [1.29, 1.82) is 0 Å². The lowest BCUT2D eigenvalue weighted by atomic mass is 10.2. The summed E-state index contributed by atoms with van der Waals surface area (Å²) in [5.74, 6) is -0.604. The Bertz CT molecular complexity index is 968. The van der Waals surface area contributed by atoms with Crippen LogP contribution in [0.4, 0.5) is 0 Å². The number of rotatable bonds is 24. The maximum Gasteiger partial charge on any atom is 0.333 e. The van der Waals surface area contributed by atoms with E-state index in [-0.39, 0.29) is 17.7 Å². The summed E-state index contributed by atoms with van der Waals surface area (Å²) in [5, 5.41) is 0. The van der Waals surface area contributed by atoms with Crippen LogP contribution in [-0.2, 0) is 37.2 Å². The number of unbranched alkanes of at least 4 members (excludes halogenated alkanes) is 2. The molecular weight excluding hydrogens is 633 g/mol. The highest BCUT2D eigenvalue weighted by Gasteiger charge is 2.41. The fourth-order valence-electron chi connectivity index (χ4n) is 5.22. The zero-order chi connectivity index (χ0) is 33.5. The van der Waals surface area contributed by atoms with Crippen LogP contribution in [0.25, 0.3) is 0 Å². The van der Waals surface area contributed by atoms with Crippen molar-refractivity contribution in [3.05, 3.63) is 24.3 Å². The van der Waals surface area contributed by atoms with Crippen molar-refractivity contribution < 1.29 is 35.5 Å².